The van der Waals surface area contributed by atoms with Gasteiger partial charge in [-0.1, -0.05) is 66.7 Å². The maximum Gasteiger partial charge on any atom is 0.247 e. The van der Waals surface area contributed by atoms with Crippen LogP contribution in [-0.4, -0.2) is 49.3 Å². The second-order valence-corrected chi connectivity index (χ2v) is 8.51. The van der Waals surface area contributed by atoms with Gasteiger partial charge in [0.25, 0.3) is 0 Å². The third-order valence-corrected chi connectivity index (χ3v) is 6.73. The predicted octanol–water partition coefficient (Wildman–Crippen LogP) is 4.16. The molecule has 0 saturated carbocycles. The Balaban J connectivity index is 1.19. The summed E-state index contributed by atoms with van der Waals surface area (Å²) in [5, 5.41) is 3.07. The standard InChI is InChI=1S/C27H29N3O2/c31-26-27(30(21-28-26)23-11-5-2-6-12-23)15-17-29(18-16-27)19-20-32-25-14-8-7-13-24(25)22-9-3-1-4-10-22/h1-14H,15-21H2,(H,28,31). The van der Waals surface area contributed by atoms with E-state index in [4.69, 9.17) is 4.74 Å². The molecule has 5 rings (SSSR count). The van der Waals surface area contributed by atoms with Crippen molar-refractivity contribution in [3.05, 3.63) is 84.9 Å². The molecule has 164 valence electrons. The van der Waals surface area contributed by atoms with Crippen molar-refractivity contribution in [1.29, 1.82) is 0 Å². The molecule has 2 saturated heterocycles. The van der Waals surface area contributed by atoms with E-state index in [1.54, 1.807) is 0 Å². The number of hydrogen-bond donors (Lipinski definition) is 1. The molecular weight excluding hydrogens is 398 g/mol. The molecule has 1 amide bonds. The molecular formula is C27H29N3O2. The van der Waals surface area contributed by atoms with Gasteiger partial charge in [0.15, 0.2) is 0 Å². The van der Waals surface area contributed by atoms with Crippen LogP contribution >= 0.6 is 0 Å². The number of amides is 1. The van der Waals surface area contributed by atoms with Crippen molar-refractivity contribution in [1.82, 2.24) is 10.2 Å². The summed E-state index contributed by atoms with van der Waals surface area (Å²) >= 11 is 0. The summed E-state index contributed by atoms with van der Waals surface area (Å²) in [4.78, 5) is 17.5. The Morgan fingerprint density at radius 1 is 0.844 bits per heavy atom. The van der Waals surface area contributed by atoms with Gasteiger partial charge in [-0.2, -0.15) is 0 Å². The Hall–Kier alpha value is -3.31. The van der Waals surface area contributed by atoms with Crippen molar-refractivity contribution in [2.24, 2.45) is 0 Å². The molecule has 5 heteroatoms. The number of nitrogens with one attached hydrogen (secondary N) is 1. The molecule has 3 aromatic rings. The number of carbonyl (C=O) groups is 1. The van der Waals surface area contributed by atoms with Crippen LogP contribution in [0.3, 0.4) is 0 Å². The van der Waals surface area contributed by atoms with Crippen LogP contribution in [0, 0.1) is 0 Å². The summed E-state index contributed by atoms with van der Waals surface area (Å²) in [6, 6.07) is 28.8. The van der Waals surface area contributed by atoms with E-state index in [1.165, 1.54) is 0 Å². The molecule has 0 unspecified atom stereocenters. The normalized spacial score (nSPS) is 18.0. The lowest BCUT2D eigenvalue weighted by Crippen LogP contribution is -2.56. The molecule has 0 atom stereocenters. The lowest BCUT2D eigenvalue weighted by Gasteiger charge is -2.43. The van der Waals surface area contributed by atoms with E-state index in [2.05, 4.69) is 45.4 Å². The third kappa shape index (κ3) is 3.96. The van der Waals surface area contributed by atoms with E-state index in [-0.39, 0.29) is 5.91 Å². The van der Waals surface area contributed by atoms with E-state index in [0.717, 1.165) is 55.0 Å². The van der Waals surface area contributed by atoms with Gasteiger partial charge in [0.1, 0.15) is 17.9 Å². The summed E-state index contributed by atoms with van der Waals surface area (Å²) < 4.78 is 6.19. The first-order valence-corrected chi connectivity index (χ1v) is 11.4. The first kappa shape index (κ1) is 20.6. The summed E-state index contributed by atoms with van der Waals surface area (Å²) in [6.45, 7) is 3.85. The Kier molecular flexibility index (Phi) is 5.82. The van der Waals surface area contributed by atoms with Gasteiger partial charge in [-0.25, -0.2) is 0 Å². The van der Waals surface area contributed by atoms with Gasteiger partial charge >= 0.3 is 0 Å². The number of para-hydroxylation sites is 2. The summed E-state index contributed by atoms with van der Waals surface area (Å²) in [7, 11) is 0. The first-order valence-electron chi connectivity index (χ1n) is 11.4. The highest BCUT2D eigenvalue weighted by Gasteiger charge is 2.50. The molecule has 2 fully saturated rings. The maximum absolute atomic E-state index is 12.8. The van der Waals surface area contributed by atoms with Crippen molar-refractivity contribution in [3.63, 3.8) is 0 Å². The van der Waals surface area contributed by atoms with Gasteiger partial charge in [-0.15, -0.1) is 0 Å². The van der Waals surface area contributed by atoms with E-state index >= 15 is 0 Å². The number of anilines is 1. The Morgan fingerprint density at radius 3 is 2.25 bits per heavy atom. The first-order chi connectivity index (χ1) is 15.8. The Morgan fingerprint density at radius 2 is 1.50 bits per heavy atom. The second-order valence-electron chi connectivity index (χ2n) is 8.51. The van der Waals surface area contributed by atoms with E-state index < -0.39 is 5.54 Å². The van der Waals surface area contributed by atoms with Gasteiger partial charge in [0.2, 0.25) is 5.91 Å². The number of benzene rings is 3. The highest BCUT2D eigenvalue weighted by Crippen LogP contribution is 2.36. The molecule has 1 N–H and O–H groups in total. The largest absolute Gasteiger partial charge is 0.492 e. The van der Waals surface area contributed by atoms with Crippen LogP contribution in [0.4, 0.5) is 5.69 Å². The average Bonchev–Trinajstić information content (AvgIpc) is 3.17. The molecule has 32 heavy (non-hydrogen) atoms. The summed E-state index contributed by atoms with van der Waals surface area (Å²) in [5.74, 6) is 1.08. The maximum atomic E-state index is 12.8. The van der Waals surface area contributed by atoms with Crippen molar-refractivity contribution < 1.29 is 9.53 Å². The number of piperidine rings is 1. The monoisotopic (exact) mass is 427 g/mol. The zero-order valence-electron chi connectivity index (χ0n) is 18.2. The van der Waals surface area contributed by atoms with Crippen molar-refractivity contribution >= 4 is 11.6 Å². The number of likely N-dealkylation sites (tertiary alicyclic amines) is 1. The topological polar surface area (TPSA) is 44.8 Å². The van der Waals surface area contributed by atoms with Crippen LogP contribution in [0.1, 0.15) is 12.8 Å². The minimum atomic E-state index is -0.432. The number of rotatable bonds is 6. The lowest BCUT2D eigenvalue weighted by atomic mass is 9.85. The zero-order valence-corrected chi connectivity index (χ0v) is 18.2. The quantitative estimate of drug-likeness (QED) is 0.642. The molecule has 1 spiro atoms. The minimum absolute atomic E-state index is 0.161. The fourth-order valence-corrected chi connectivity index (χ4v) is 4.91. The number of carbonyl (C=O) groups excluding carboxylic acids is 1. The van der Waals surface area contributed by atoms with Crippen LogP contribution in [0.25, 0.3) is 11.1 Å². The number of ether oxygens (including phenoxy) is 1. The number of hydrogen-bond acceptors (Lipinski definition) is 4. The Labute approximate surface area is 189 Å². The highest BCUT2D eigenvalue weighted by atomic mass is 16.5. The molecule has 2 aliphatic heterocycles. The van der Waals surface area contributed by atoms with Crippen LogP contribution in [0.15, 0.2) is 84.9 Å². The molecule has 5 nitrogen and oxygen atoms in total. The predicted molar refractivity (Wildman–Crippen MR) is 128 cm³/mol. The summed E-state index contributed by atoms with van der Waals surface area (Å²) in [6.07, 6.45) is 1.66. The minimum Gasteiger partial charge on any atom is -0.492 e. The van der Waals surface area contributed by atoms with E-state index in [9.17, 15) is 4.79 Å². The van der Waals surface area contributed by atoms with Crippen molar-refractivity contribution in [2.45, 2.75) is 18.4 Å². The van der Waals surface area contributed by atoms with Gasteiger partial charge in [0.05, 0.1) is 6.67 Å². The van der Waals surface area contributed by atoms with Crippen molar-refractivity contribution in [2.75, 3.05) is 37.8 Å². The fourth-order valence-electron chi connectivity index (χ4n) is 4.91. The van der Waals surface area contributed by atoms with Crippen LogP contribution in [-0.2, 0) is 4.79 Å². The molecule has 2 heterocycles. The van der Waals surface area contributed by atoms with Gasteiger partial charge in [-0.3, -0.25) is 9.69 Å². The van der Waals surface area contributed by atoms with Crippen LogP contribution in [0.5, 0.6) is 5.75 Å². The van der Waals surface area contributed by atoms with Gasteiger partial charge in [0, 0.05) is 30.9 Å². The SMILES string of the molecule is O=C1NCN(c2ccccc2)C12CCN(CCOc1ccccc1-c1ccccc1)CC2. The summed E-state index contributed by atoms with van der Waals surface area (Å²) in [5.41, 5.74) is 2.96. The van der Waals surface area contributed by atoms with E-state index in [0.29, 0.717) is 13.3 Å². The highest BCUT2D eigenvalue weighted by molar-refractivity contribution is 5.93. The molecule has 0 radical (unpaired) electrons. The second kappa shape index (κ2) is 9.05. The van der Waals surface area contributed by atoms with E-state index in [1.807, 2.05) is 54.6 Å². The van der Waals surface area contributed by atoms with Crippen molar-refractivity contribution in [3.8, 4) is 16.9 Å². The zero-order chi connectivity index (χ0) is 21.8. The smallest absolute Gasteiger partial charge is 0.247 e. The van der Waals surface area contributed by atoms with Crippen LogP contribution < -0.4 is 15.0 Å². The molecule has 0 aromatic heterocycles. The van der Waals surface area contributed by atoms with Gasteiger partial charge < -0.3 is 15.0 Å². The molecule has 0 bridgehead atoms. The molecule has 0 aliphatic carbocycles. The third-order valence-electron chi connectivity index (χ3n) is 6.73. The lowest BCUT2D eigenvalue weighted by molar-refractivity contribution is -0.125. The molecule has 2 aliphatic rings. The Bertz CT molecular complexity index is 1050. The van der Waals surface area contributed by atoms with Gasteiger partial charge in [-0.05, 0) is 36.6 Å². The van der Waals surface area contributed by atoms with Crippen LogP contribution in [0.2, 0.25) is 0 Å². The molecule has 3 aromatic carbocycles. The fraction of sp³-hybridized carbons (Fsp3) is 0.296. The average molecular weight is 428 g/mol. The number of nitrogens with zero attached hydrogens (tertiary/aromatic N) is 2.